The Morgan fingerprint density at radius 3 is 2.33 bits per heavy atom. The van der Waals surface area contributed by atoms with Gasteiger partial charge in [-0.2, -0.15) is 0 Å². The molecule has 1 saturated carbocycles. The van der Waals surface area contributed by atoms with Gasteiger partial charge >= 0.3 is 5.97 Å². The Balaban J connectivity index is 1.77. The number of hydrogen-bond donors (Lipinski definition) is 1. The summed E-state index contributed by atoms with van der Waals surface area (Å²) in [6, 6.07) is 3.90. The fourth-order valence-corrected chi connectivity index (χ4v) is 5.10. The van der Waals surface area contributed by atoms with Crippen molar-refractivity contribution in [2.24, 2.45) is 11.3 Å². The molecule has 1 aliphatic heterocycles. The molecule has 2 aliphatic rings. The first-order chi connectivity index (χ1) is 16.8. The quantitative estimate of drug-likeness (QED) is 0.490. The van der Waals surface area contributed by atoms with Gasteiger partial charge in [0.1, 0.15) is 5.75 Å². The number of aliphatic carboxylic acids is 1. The van der Waals surface area contributed by atoms with Crippen molar-refractivity contribution in [2.75, 3.05) is 18.0 Å². The number of aromatic nitrogens is 2. The standard InChI is InChI=1S/C29H41N3O4/c1-18-14-21(15-18)35-20-8-9-23(31-16-20)22-17-30-19(2)24(26(27(33)34)36-28(3,4)5)25(22)32-12-10-29(6,7)11-13-32/h8-9,16-18,21,26H,10-15H2,1-7H3,(H,33,34)/t18?,21?,26-/m0/s1. The average Bonchev–Trinajstić information content (AvgIpc) is 2.76. The van der Waals surface area contributed by atoms with Crippen LogP contribution in [0.3, 0.4) is 0 Å². The van der Waals surface area contributed by atoms with Crippen LogP contribution in [0, 0.1) is 18.3 Å². The second-order valence-corrected chi connectivity index (χ2v) is 12.3. The van der Waals surface area contributed by atoms with E-state index >= 15 is 0 Å². The molecule has 0 spiro atoms. The summed E-state index contributed by atoms with van der Waals surface area (Å²) in [4.78, 5) is 24.2. The Morgan fingerprint density at radius 1 is 1.14 bits per heavy atom. The van der Waals surface area contributed by atoms with Crippen LogP contribution < -0.4 is 9.64 Å². The molecule has 7 nitrogen and oxygen atoms in total. The Labute approximate surface area is 215 Å². The van der Waals surface area contributed by atoms with Crippen molar-refractivity contribution in [3.05, 3.63) is 35.8 Å². The highest BCUT2D eigenvalue weighted by Crippen LogP contribution is 2.43. The smallest absolute Gasteiger partial charge is 0.337 e. The monoisotopic (exact) mass is 495 g/mol. The molecular formula is C29H41N3O4. The molecule has 1 N–H and O–H groups in total. The van der Waals surface area contributed by atoms with Crippen molar-refractivity contribution in [1.82, 2.24) is 9.97 Å². The minimum Gasteiger partial charge on any atom is -0.489 e. The predicted molar refractivity (Wildman–Crippen MR) is 141 cm³/mol. The van der Waals surface area contributed by atoms with Crippen LogP contribution in [0.5, 0.6) is 5.75 Å². The largest absolute Gasteiger partial charge is 0.489 e. The zero-order valence-corrected chi connectivity index (χ0v) is 22.8. The fourth-order valence-electron chi connectivity index (χ4n) is 5.10. The van der Waals surface area contributed by atoms with Gasteiger partial charge in [-0.15, -0.1) is 0 Å². The molecule has 196 valence electrons. The van der Waals surface area contributed by atoms with Crippen LogP contribution in [0.25, 0.3) is 11.3 Å². The molecule has 36 heavy (non-hydrogen) atoms. The Hall–Kier alpha value is -2.67. The highest BCUT2D eigenvalue weighted by Gasteiger charge is 2.36. The number of ether oxygens (including phenoxy) is 2. The van der Waals surface area contributed by atoms with Crippen molar-refractivity contribution >= 4 is 11.7 Å². The normalized spacial score (nSPS) is 22.6. The summed E-state index contributed by atoms with van der Waals surface area (Å²) < 4.78 is 12.2. The number of nitrogens with zero attached hydrogens (tertiary/aromatic N) is 3. The Morgan fingerprint density at radius 2 is 1.81 bits per heavy atom. The van der Waals surface area contributed by atoms with E-state index in [1.165, 1.54) is 0 Å². The van der Waals surface area contributed by atoms with Crippen molar-refractivity contribution < 1.29 is 19.4 Å². The maximum atomic E-state index is 12.5. The van der Waals surface area contributed by atoms with E-state index < -0.39 is 17.7 Å². The van der Waals surface area contributed by atoms with Crippen molar-refractivity contribution in [3.8, 4) is 17.0 Å². The highest BCUT2D eigenvalue weighted by molar-refractivity contribution is 5.85. The lowest BCUT2D eigenvalue weighted by Gasteiger charge is -2.40. The SMILES string of the molecule is Cc1ncc(-c2ccc(OC3CC(C)C3)cn2)c(N2CCC(C)(C)CC2)c1[C@H](OC(C)(C)C)C(=O)O. The number of aryl methyl sites for hydroxylation is 1. The zero-order valence-electron chi connectivity index (χ0n) is 22.8. The number of carboxylic acids is 1. The molecule has 4 rings (SSSR count). The molecule has 2 fully saturated rings. The third-order valence-corrected chi connectivity index (χ3v) is 7.32. The number of carboxylic acid groups (broad SMARTS) is 1. The number of rotatable bonds is 7. The molecule has 0 radical (unpaired) electrons. The van der Waals surface area contributed by atoms with E-state index in [-0.39, 0.29) is 11.5 Å². The maximum Gasteiger partial charge on any atom is 0.337 e. The molecule has 3 heterocycles. The third-order valence-electron chi connectivity index (χ3n) is 7.32. The van der Waals surface area contributed by atoms with Gasteiger partial charge in [0.05, 0.1) is 29.3 Å². The summed E-state index contributed by atoms with van der Waals surface area (Å²) in [5.41, 5.74) is 3.32. The molecule has 2 aromatic heterocycles. The fraction of sp³-hybridized carbons (Fsp3) is 0.621. The molecule has 0 unspecified atom stereocenters. The summed E-state index contributed by atoms with van der Waals surface area (Å²) in [7, 11) is 0. The van der Waals surface area contributed by atoms with Gasteiger partial charge in [-0.05, 0) is 76.8 Å². The second-order valence-electron chi connectivity index (χ2n) is 12.3. The van der Waals surface area contributed by atoms with Gasteiger partial charge in [0, 0.05) is 36.1 Å². The van der Waals surface area contributed by atoms with E-state index in [0.717, 1.165) is 61.5 Å². The first kappa shape index (κ1) is 26.4. The Kier molecular flexibility index (Phi) is 7.33. The van der Waals surface area contributed by atoms with Crippen LogP contribution in [0.4, 0.5) is 5.69 Å². The van der Waals surface area contributed by atoms with Crippen LogP contribution in [0.2, 0.25) is 0 Å². The third kappa shape index (κ3) is 6.00. The number of pyridine rings is 2. The average molecular weight is 496 g/mol. The van der Waals surface area contributed by atoms with Crippen LogP contribution in [-0.4, -0.2) is 45.8 Å². The minimum absolute atomic E-state index is 0.253. The van der Waals surface area contributed by atoms with Gasteiger partial charge < -0.3 is 19.5 Å². The van der Waals surface area contributed by atoms with E-state index in [4.69, 9.17) is 14.5 Å². The number of carbonyl (C=O) groups is 1. The van der Waals surface area contributed by atoms with Crippen molar-refractivity contribution in [1.29, 1.82) is 0 Å². The first-order valence-electron chi connectivity index (χ1n) is 13.1. The topological polar surface area (TPSA) is 84.8 Å². The summed E-state index contributed by atoms with van der Waals surface area (Å²) in [6.45, 7) is 16.0. The molecule has 0 aromatic carbocycles. The summed E-state index contributed by atoms with van der Waals surface area (Å²) >= 11 is 0. The zero-order chi connectivity index (χ0) is 26.3. The molecular weight excluding hydrogens is 454 g/mol. The lowest BCUT2D eigenvalue weighted by atomic mass is 9.82. The molecule has 0 amide bonds. The molecule has 1 aliphatic carbocycles. The van der Waals surface area contributed by atoms with Crippen LogP contribution in [0.15, 0.2) is 24.5 Å². The number of piperidine rings is 1. The first-order valence-corrected chi connectivity index (χ1v) is 13.1. The summed E-state index contributed by atoms with van der Waals surface area (Å²) in [5, 5.41) is 10.2. The van der Waals surface area contributed by atoms with E-state index in [9.17, 15) is 9.90 Å². The van der Waals surface area contributed by atoms with Crippen LogP contribution in [0.1, 0.15) is 84.6 Å². The van der Waals surface area contributed by atoms with Crippen molar-refractivity contribution in [2.45, 2.75) is 92.0 Å². The van der Waals surface area contributed by atoms with E-state index in [0.29, 0.717) is 17.2 Å². The minimum atomic E-state index is -1.13. The maximum absolute atomic E-state index is 12.5. The lowest BCUT2D eigenvalue weighted by molar-refractivity contribution is -0.160. The van der Waals surface area contributed by atoms with E-state index in [1.807, 2.05) is 46.0 Å². The van der Waals surface area contributed by atoms with E-state index in [2.05, 4.69) is 30.7 Å². The molecule has 1 saturated heterocycles. The Bertz CT molecular complexity index is 1070. The van der Waals surface area contributed by atoms with Gasteiger partial charge in [0.2, 0.25) is 0 Å². The van der Waals surface area contributed by atoms with E-state index in [1.54, 1.807) is 6.20 Å². The number of anilines is 1. The predicted octanol–water partition coefficient (Wildman–Crippen LogP) is 6.20. The van der Waals surface area contributed by atoms with Gasteiger partial charge in [0.15, 0.2) is 6.10 Å². The molecule has 2 aromatic rings. The van der Waals surface area contributed by atoms with Gasteiger partial charge in [-0.25, -0.2) is 4.79 Å². The molecule has 7 heteroatoms. The van der Waals surface area contributed by atoms with Crippen LogP contribution >= 0.6 is 0 Å². The van der Waals surface area contributed by atoms with Crippen molar-refractivity contribution in [3.63, 3.8) is 0 Å². The second kappa shape index (κ2) is 10.0. The molecule has 0 bridgehead atoms. The number of hydrogen-bond acceptors (Lipinski definition) is 6. The molecule has 1 atom stereocenters. The highest BCUT2D eigenvalue weighted by atomic mass is 16.5. The summed E-state index contributed by atoms with van der Waals surface area (Å²) in [6.07, 6.45) is 6.90. The van der Waals surface area contributed by atoms with Crippen LogP contribution in [-0.2, 0) is 9.53 Å². The lowest BCUT2D eigenvalue weighted by Crippen LogP contribution is -2.39. The van der Waals surface area contributed by atoms with Gasteiger partial charge in [-0.1, -0.05) is 20.8 Å². The van der Waals surface area contributed by atoms with Gasteiger partial charge in [-0.3, -0.25) is 9.97 Å². The van der Waals surface area contributed by atoms with Gasteiger partial charge in [0.25, 0.3) is 0 Å². The summed E-state index contributed by atoms with van der Waals surface area (Å²) in [5.74, 6) is 0.461.